The Labute approximate surface area is 102 Å². The highest BCUT2D eigenvalue weighted by Gasteiger charge is 2.31. The van der Waals surface area contributed by atoms with E-state index in [4.69, 9.17) is 4.74 Å². The van der Waals surface area contributed by atoms with Crippen molar-refractivity contribution < 1.29 is 14.3 Å². The highest BCUT2D eigenvalue weighted by molar-refractivity contribution is 5.79. The molecule has 1 amide bonds. The van der Waals surface area contributed by atoms with Gasteiger partial charge in [0.25, 0.3) is 0 Å². The predicted molar refractivity (Wildman–Crippen MR) is 63.3 cm³/mol. The first-order valence-corrected chi connectivity index (χ1v) is 6.38. The number of ether oxygens (including phenoxy) is 1. The highest BCUT2D eigenvalue weighted by Crippen LogP contribution is 2.24. The Morgan fingerprint density at radius 3 is 3.06 bits per heavy atom. The minimum atomic E-state index is -0.160. The molecule has 4 nitrogen and oxygen atoms in total. The lowest BCUT2D eigenvalue weighted by Gasteiger charge is -2.20. The summed E-state index contributed by atoms with van der Waals surface area (Å²) in [6.45, 7) is 2.65. The molecule has 0 N–H and O–H groups in total. The van der Waals surface area contributed by atoms with Crippen LogP contribution in [0.15, 0.2) is 12.2 Å². The van der Waals surface area contributed by atoms with E-state index in [9.17, 15) is 9.59 Å². The molecule has 0 aromatic heterocycles. The second kappa shape index (κ2) is 5.34. The molecular weight excluding hydrogens is 218 g/mol. The van der Waals surface area contributed by atoms with Gasteiger partial charge in [-0.2, -0.15) is 0 Å². The summed E-state index contributed by atoms with van der Waals surface area (Å²) in [6.07, 6.45) is 7.33. The monoisotopic (exact) mass is 237 g/mol. The lowest BCUT2D eigenvalue weighted by molar-refractivity contribution is -0.147. The van der Waals surface area contributed by atoms with Crippen LogP contribution in [-0.2, 0) is 14.3 Å². The SMILES string of the molecule is CCCC(=O)O[C@@H]1C=C[C@@H]2CCC(=O)N2CC1. The van der Waals surface area contributed by atoms with Crippen molar-refractivity contribution >= 4 is 11.9 Å². The van der Waals surface area contributed by atoms with E-state index in [1.165, 1.54) is 0 Å². The summed E-state index contributed by atoms with van der Waals surface area (Å²) >= 11 is 0. The Morgan fingerprint density at radius 1 is 1.47 bits per heavy atom. The fourth-order valence-corrected chi connectivity index (χ4v) is 2.39. The lowest BCUT2D eigenvalue weighted by Crippen LogP contribution is -2.32. The molecule has 0 aromatic rings. The van der Waals surface area contributed by atoms with Gasteiger partial charge in [-0.15, -0.1) is 0 Å². The van der Waals surface area contributed by atoms with E-state index in [0.717, 1.165) is 12.8 Å². The molecule has 1 fully saturated rings. The maximum absolute atomic E-state index is 11.6. The Hall–Kier alpha value is -1.32. The van der Waals surface area contributed by atoms with Crippen LogP contribution in [0.4, 0.5) is 0 Å². The number of carbonyl (C=O) groups excluding carboxylic acids is 2. The smallest absolute Gasteiger partial charge is 0.306 e. The van der Waals surface area contributed by atoms with Crippen LogP contribution in [0.5, 0.6) is 0 Å². The van der Waals surface area contributed by atoms with Crippen molar-refractivity contribution in [3.63, 3.8) is 0 Å². The van der Waals surface area contributed by atoms with E-state index in [1.54, 1.807) is 0 Å². The molecule has 0 aliphatic carbocycles. The van der Waals surface area contributed by atoms with Gasteiger partial charge in [0.05, 0.1) is 6.04 Å². The van der Waals surface area contributed by atoms with Crippen molar-refractivity contribution in [2.24, 2.45) is 0 Å². The molecule has 2 rings (SSSR count). The third-order valence-electron chi connectivity index (χ3n) is 3.31. The van der Waals surface area contributed by atoms with Gasteiger partial charge < -0.3 is 9.64 Å². The number of rotatable bonds is 3. The second-order valence-corrected chi connectivity index (χ2v) is 4.65. The van der Waals surface area contributed by atoms with Crippen molar-refractivity contribution in [1.29, 1.82) is 0 Å². The normalized spacial score (nSPS) is 27.8. The topological polar surface area (TPSA) is 46.6 Å². The largest absolute Gasteiger partial charge is 0.458 e. The Bertz CT molecular complexity index is 338. The molecule has 1 saturated heterocycles. The first-order chi connectivity index (χ1) is 8.20. The van der Waals surface area contributed by atoms with Gasteiger partial charge in [0.1, 0.15) is 6.10 Å². The zero-order valence-electron chi connectivity index (χ0n) is 10.2. The summed E-state index contributed by atoms with van der Waals surface area (Å²) < 4.78 is 5.35. The average molecular weight is 237 g/mol. The Balaban J connectivity index is 1.91. The molecule has 4 heteroatoms. The molecule has 2 heterocycles. The van der Waals surface area contributed by atoms with Crippen LogP contribution in [0.25, 0.3) is 0 Å². The Morgan fingerprint density at radius 2 is 2.29 bits per heavy atom. The minimum Gasteiger partial charge on any atom is -0.458 e. The molecule has 0 unspecified atom stereocenters. The number of fused-ring (bicyclic) bond motifs is 1. The summed E-state index contributed by atoms with van der Waals surface area (Å²) in [7, 11) is 0. The summed E-state index contributed by atoms with van der Waals surface area (Å²) in [5, 5.41) is 0. The standard InChI is InChI=1S/C13H19NO3/c1-2-3-13(16)17-11-6-4-10-5-7-12(15)14(10)9-8-11/h4,6,10-11H,2-3,5,7-9H2,1H3/t10-,11-/m1/s1. The van der Waals surface area contributed by atoms with Gasteiger partial charge in [-0.1, -0.05) is 13.0 Å². The molecule has 0 bridgehead atoms. The third-order valence-corrected chi connectivity index (χ3v) is 3.31. The first-order valence-electron chi connectivity index (χ1n) is 6.38. The number of amides is 1. The van der Waals surface area contributed by atoms with Gasteiger partial charge in [-0.3, -0.25) is 9.59 Å². The van der Waals surface area contributed by atoms with E-state index in [2.05, 4.69) is 0 Å². The Kier molecular flexibility index (Phi) is 3.82. The number of hydrogen-bond donors (Lipinski definition) is 0. The van der Waals surface area contributed by atoms with Crippen molar-refractivity contribution in [2.45, 2.75) is 51.2 Å². The number of nitrogens with zero attached hydrogens (tertiary/aromatic N) is 1. The summed E-state index contributed by atoms with van der Waals surface area (Å²) in [5.41, 5.74) is 0. The van der Waals surface area contributed by atoms with Crippen molar-refractivity contribution in [3.05, 3.63) is 12.2 Å². The van der Waals surface area contributed by atoms with E-state index in [0.29, 0.717) is 25.8 Å². The van der Waals surface area contributed by atoms with E-state index in [-0.39, 0.29) is 24.0 Å². The van der Waals surface area contributed by atoms with Crippen LogP contribution in [0.1, 0.15) is 39.0 Å². The average Bonchev–Trinajstić information content (AvgIpc) is 2.52. The fourth-order valence-electron chi connectivity index (χ4n) is 2.39. The maximum Gasteiger partial charge on any atom is 0.306 e. The summed E-state index contributed by atoms with van der Waals surface area (Å²) in [6, 6.07) is 0.220. The van der Waals surface area contributed by atoms with Gasteiger partial charge in [-0.25, -0.2) is 0 Å². The van der Waals surface area contributed by atoms with Gasteiger partial charge in [0.2, 0.25) is 5.91 Å². The minimum absolute atomic E-state index is 0.143. The van der Waals surface area contributed by atoms with Crippen molar-refractivity contribution in [2.75, 3.05) is 6.54 Å². The number of hydrogen-bond acceptors (Lipinski definition) is 3. The summed E-state index contributed by atoms with van der Waals surface area (Å²) in [4.78, 5) is 24.9. The van der Waals surface area contributed by atoms with Crippen LogP contribution in [0.2, 0.25) is 0 Å². The molecule has 0 spiro atoms. The van der Waals surface area contributed by atoms with Crippen molar-refractivity contribution in [1.82, 2.24) is 4.90 Å². The van der Waals surface area contributed by atoms with E-state index < -0.39 is 0 Å². The first kappa shape index (κ1) is 12.1. The molecule has 94 valence electrons. The van der Waals surface area contributed by atoms with Gasteiger partial charge in [0.15, 0.2) is 0 Å². The lowest BCUT2D eigenvalue weighted by atomic mass is 10.2. The molecule has 2 aliphatic heterocycles. The predicted octanol–water partition coefficient (Wildman–Crippen LogP) is 1.65. The second-order valence-electron chi connectivity index (χ2n) is 4.65. The van der Waals surface area contributed by atoms with E-state index in [1.807, 2.05) is 24.0 Å². The zero-order chi connectivity index (χ0) is 12.3. The van der Waals surface area contributed by atoms with E-state index >= 15 is 0 Å². The maximum atomic E-state index is 11.6. The van der Waals surface area contributed by atoms with Crippen LogP contribution in [-0.4, -0.2) is 35.5 Å². The van der Waals surface area contributed by atoms with Crippen LogP contribution >= 0.6 is 0 Å². The van der Waals surface area contributed by atoms with Crippen LogP contribution < -0.4 is 0 Å². The van der Waals surface area contributed by atoms with Gasteiger partial charge in [-0.05, 0) is 18.9 Å². The quantitative estimate of drug-likeness (QED) is 0.554. The third kappa shape index (κ3) is 2.87. The molecular formula is C13H19NO3. The van der Waals surface area contributed by atoms with Crippen LogP contribution in [0, 0.1) is 0 Å². The highest BCUT2D eigenvalue weighted by atomic mass is 16.5. The molecule has 0 aromatic carbocycles. The molecule has 2 atom stereocenters. The molecule has 17 heavy (non-hydrogen) atoms. The van der Waals surface area contributed by atoms with Gasteiger partial charge in [0, 0.05) is 25.8 Å². The molecule has 0 saturated carbocycles. The summed E-state index contributed by atoms with van der Waals surface area (Å²) in [5.74, 6) is 0.0794. The van der Waals surface area contributed by atoms with Gasteiger partial charge >= 0.3 is 5.97 Å². The number of carbonyl (C=O) groups is 2. The molecule has 2 aliphatic rings. The molecule has 0 radical (unpaired) electrons. The number of esters is 1. The fraction of sp³-hybridized carbons (Fsp3) is 0.692. The van der Waals surface area contributed by atoms with Crippen molar-refractivity contribution in [3.8, 4) is 0 Å². The zero-order valence-corrected chi connectivity index (χ0v) is 10.2. The van der Waals surface area contributed by atoms with Crippen LogP contribution in [0.3, 0.4) is 0 Å².